The molecule has 0 aliphatic heterocycles. The van der Waals surface area contributed by atoms with Gasteiger partial charge in [-0.1, -0.05) is 24.5 Å². The van der Waals surface area contributed by atoms with Crippen LogP contribution in [0.25, 0.3) is 28.2 Å². The number of carbonyl (C=O) groups is 1. The SMILES string of the molecule is Cl.Nc1nc(C#CC2(O)CCCCC2)nc2c1nc(-c1cccc(F)c1)n2-c1ccc(C(=O)O)cc1. The molecule has 0 radical (unpaired) electrons. The lowest BCUT2D eigenvalue weighted by Gasteiger charge is -2.26. The molecule has 0 saturated heterocycles. The van der Waals surface area contributed by atoms with Crippen molar-refractivity contribution in [2.24, 2.45) is 0 Å². The van der Waals surface area contributed by atoms with Gasteiger partial charge < -0.3 is 15.9 Å². The van der Waals surface area contributed by atoms with Gasteiger partial charge in [-0.15, -0.1) is 12.4 Å². The van der Waals surface area contributed by atoms with E-state index in [1.54, 1.807) is 28.8 Å². The molecule has 2 aromatic heterocycles. The Bertz CT molecular complexity index is 1500. The van der Waals surface area contributed by atoms with Crippen LogP contribution in [-0.4, -0.2) is 41.3 Å². The first-order chi connectivity index (χ1) is 16.8. The number of carboxylic acids is 1. The predicted molar refractivity (Wildman–Crippen MR) is 136 cm³/mol. The summed E-state index contributed by atoms with van der Waals surface area (Å²) in [5.74, 6) is 4.87. The standard InChI is InChI=1S/C26H22FN5O3.ClH/c27-18-6-4-5-17(15-18)23-31-21-22(28)29-20(11-14-26(35)12-2-1-3-13-26)30-24(21)32(23)19-9-7-16(8-10-19)25(33)34;/h4-10,15,35H,1-3,12-13H2,(H,33,34)(H2,28,29,30);1H. The summed E-state index contributed by atoms with van der Waals surface area (Å²) in [7, 11) is 0. The van der Waals surface area contributed by atoms with Crippen molar-refractivity contribution in [2.45, 2.75) is 37.7 Å². The van der Waals surface area contributed by atoms with Gasteiger partial charge in [-0.3, -0.25) is 4.57 Å². The molecule has 1 aliphatic carbocycles. The summed E-state index contributed by atoms with van der Waals surface area (Å²) in [6, 6.07) is 12.1. The minimum Gasteiger partial charge on any atom is -0.478 e. The number of nitrogens with two attached hydrogens (primary N) is 1. The summed E-state index contributed by atoms with van der Waals surface area (Å²) in [4.78, 5) is 24.8. The number of nitrogen functional groups attached to an aromatic ring is 1. The second-order valence-corrected chi connectivity index (χ2v) is 8.58. The van der Waals surface area contributed by atoms with Crippen molar-refractivity contribution in [1.82, 2.24) is 19.5 Å². The van der Waals surface area contributed by atoms with Gasteiger partial charge in [0.1, 0.15) is 17.2 Å². The van der Waals surface area contributed by atoms with Gasteiger partial charge in [-0.05, 0) is 68.0 Å². The van der Waals surface area contributed by atoms with Crippen LogP contribution in [0, 0.1) is 17.7 Å². The minimum atomic E-state index is -1.08. The topological polar surface area (TPSA) is 127 Å². The van der Waals surface area contributed by atoms with Crippen LogP contribution in [0.2, 0.25) is 0 Å². The van der Waals surface area contributed by atoms with E-state index in [0.29, 0.717) is 41.1 Å². The third-order valence-electron chi connectivity index (χ3n) is 6.08. The summed E-state index contributed by atoms with van der Waals surface area (Å²) < 4.78 is 15.7. The highest BCUT2D eigenvalue weighted by Crippen LogP contribution is 2.31. The third kappa shape index (κ3) is 4.87. The molecule has 1 aliphatic rings. The Morgan fingerprint density at radius 3 is 2.44 bits per heavy atom. The molecule has 2 heterocycles. The lowest BCUT2D eigenvalue weighted by Crippen LogP contribution is -2.29. The maximum atomic E-state index is 14.0. The third-order valence-corrected chi connectivity index (χ3v) is 6.08. The van der Waals surface area contributed by atoms with Gasteiger partial charge >= 0.3 is 5.97 Å². The molecule has 0 spiro atoms. The number of anilines is 1. The largest absolute Gasteiger partial charge is 0.478 e. The van der Waals surface area contributed by atoms with Crippen molar-refractivity contribution >= 4 is 35.4 Å². The average Bonchev–Trinajstić information content (AvgIpc) is 3.23. The second-order valence-electron chi connectivity index (χ2n) is 8.58. The van der Waals surface area contributed by atoms with E-state index in [-0.39, 0.29) is 29.6 Å². The first-order valence-electron chi connectivity index (χ1n) is 11.2. The molecule has 1 fully saturated rings. The molecule has 36 heavy (non-hydrogen) atoms. The van der Waals surface area contributed by atoms with E-state index in [0.717, 1.165) is 19.3 Å². The monoisotopic (exact) mass is 507 g/mol. The molecular weight excluding hydrogens is 485 g/mol. The van der Waals surface area contributed by atoms with Crippen molar-refractivity contribution in [1.29, 1.82) is 0 Å². The number of carboxylic acid groups (broad SMARTS) is 1. The molecule has 0 amide bonds. The summed E-state index contributed by atoms with van der Waals surface area (Å²) >= 11 is 0. The highest BCUT2D eigenvalue weighted by atomic mass is 35.5. The Hall–Kier alpha value is -4.00. The normalized spacial score (nSPS) is 14.5. The number of halogens is 2. The van der Waals surface area contributed by atoms with Gasteiger partial charge in [-0.2, -0.15) is 0 Å². The lowest BCUT2D eigenvalue weighted by atomic mass is 9.85. The first-order valence-corrected chi connectivity index (χ1v) is 11.2. The van der Waals surface area contributed by atoms with Gasteiger partial charge in [0, 0.05) is 11.3 Å². The Morgan fingerprint density at radius 1 is 1.06 bits per heavy atom. The number of hydrogen-bond donors (Lipinski definition) is 3. The van der Waals surface area contributed by atoms with E-state index < -0.39 is 17.4 Å². The van der Waals surface area contributed by atoms with Crippen molar-refractivity contribution < 1.29 is 19.4 Å². The summed E-state index contributed by atoms with van der Waals surface area (Å²) in [5, 5.41) is 20.0. The minimum absolute atomic E-state index is 0. The lowest BCUT2D eigenvalue weighted by molar-refractivity contribution is 0.0609. The average molecular weight is 508 g/mol. The number of aliphatic hydroxyl groups is 1. The molecular formula is C26H23ClFN5O3. The maximum absolute atomic E-state index is 14.0. The number of rotatable bonds is 3. The Labute approximate surface area is 212 Å². The van der Waals surface area contributed by atoms with Crippen LogP contribution in [0.15, 0.2) is 48.5 Å². The van der Waals surface area contributed by atoms with Crippen molar-refractivity contribution in [2.75, 3.05) is 5.73 Å². The number of imidazole rings is 1. The molecule has 0 atom stereocenters. The predicted octanol–water partition coefficient (Wildman–Crippen LogP) is 4.37. The van der Waals surface area contributed by atoms with Gasteiger partial charge in [0.25, 0.3) is 0 Å². The summed E-state index contributed by atoms with van der Waals surface area (Å²) in [6.45, 7) is 0. The molecule has 4 aromatic rings. The second kappa shape index (κ2) is 9.93. The highest BCUT2D eigenvalue weighted by Gasteiger charge is 2.27. The number of benzene rings is 2. The Kier molecular flexibility index (Phi) is 6.93. The zero-order valence-electron chi connectivity index (χ0n) is 19.1. The van der Waals surface area contributed by atoms with Gasteiger partial charge in [0.2, 0.25) is 5.82 Å². The fraction of sp³-hybridized carbons (Fsp3) is 0.231. The maximum Gasteiger partial charge on any atom is 0.335 e. The summed E-state index contributed by atoms with van der Waals surface area (Å²) in [6.07, 6.45) is 4.07. The zero-order chi connectivity index (χ0) is 24.6. The van der Waals surface area contributed by atoms with Crippen molar-refractivity contribution in [3.63, 3.8) is 0 Å². The van der Waals surface area contributed by atoms with Crippen LogP contribution in [0.1, 0.15) is 48.3 Å². The molecule has 0 unspecified atom stereocenters. The van der Waals surface area contributed by atoms with Crippen LogP contribution in [0.4, 0.5) is 10.2 Å². The molecule has 5 rings (SSSR count). The van der Waals surface area contributed by atoms with E-state index >= 15 is 0 Å². The van der Waals surface area contributed by atoms with Gasteiger partial charge in [0.15, 0.2) is 17.0 Å². The Balaban J connectivity index is 0.00000304. The van der Waals surface area contributed by atoms with E-state index in [1.807, 2.05) is 0 Å². The molecule has 4 N–H and O–H groups in total. The number of aromatic nitrogens is 4. The van der Waals surface area contributed by atoms with Crippen LogP contribution in [-0.2, 0) is 0 Å². The van der Waals surface area contributed by atoms with Crippen LogP contribution in [0.3, 0.4) is 0 Å². The van der Waals surface area contributed by atoms with Crippen molar-refractivity contribution in [3.05, 3.63) is 65.7 Å². The van der Waals surface area contributed by atoms with Crippen molar-refractivity contribution in [3.8, 4) is 28.9 Å². The number of aromatic carboxylic acids is 1. The fourth-order valence-corrected chi connectivity index (χ4v) is 4.29. The molecule has 0 bridgehead atoms. The van der Waals surface area contributed by atoms with E-state index in [1.165, 1.54) is 24.3 Å². The van der Waals surface area contributed by atoms with E-state index in [2.05, 4.69) is 26.8 Å². The quantitative estimate of drug-likeness (QED) is 0.351. The molecule has 2 aromatic carbocycles. The van der Waals surface area contributed by atoms with E-state index in [4.69, 9.17) is 5.73 Å². The molecule has 184 valence electrons. The van der Waals surface area contributed by atoms with Crippen LogP contribution in [0.5, 0.6) is 0 Å². The number of fused-ring (bicyclic) bond motifs is 1. The Morgan fingerprint density at radius 2 is 1.78 bits per heavy atom. The molecule has 10 heteroatoms. The summed E-state index contributed by atoms with van der Waals surface area (Å²) in [5.41, 5.74) is 6.93. The molecule has 1 saturated carbocycles. The number of nitrogens with zero attached hydrogens (tertiary/aromatic N) is 4. The van der Waals surface area contributed by atoms with Gasteiger partial charge in [-0.25, -0.2) is 24.1 Å². The first kappa shape index (κ1) is 25.1. The van der Waals surface area contributed by atoms with Crippen LogP contribution < -0.4 is 5.73 Å². The smallest absolute Gasteiger partial charge is 0.335 e. The highest BCUT2D eigenvalue weighted by molar-refractivity contribution is 5.89. The number of hydrogen-bond acceptors (Lipinski definition) is 6. The molecule has 8 nitrogen and oxygen atoms in total. The van der Waals surface area contributed by atoms with E-state index in [9.17, 15) is 19.4 Å². The van der Waals surface area contributed by atoms with Gasteiger partial charge in [0.05, 0.1) is 5.56 Å². The zero-order valence-corrected chi connectivity index (χ0v) is 19.9. The van der Waals surface area contributed by atoms with Crippen LogP contribution >= 0.6 is 12.4 Å². The fourth-order valence-electron chi connectivity index (χ4n) is 4.29.